The molecule has 0 aromatic heterocycles. The third-order valence-electron chi connectivity index (χ3n) is 1.66. The minimum Gasteiger partial charge on any atom is -0.173 e. The van der Waals surface area contributed by atoms with Gasteiger partial charge in [-0.1, -0.05) is 19.9 Å². The van der Waals surface area contributed by atoms with Crippen LogP contribution >= 0.6 is 0 Å². The molecule has 0 heterocycles. The van der Waals surface area contributed by atoms with E-state index < -0.39 is 6.08 Å². The molecule has 0 bridgehead atoms. The Morgan fingerprint density at radius 1 is 1.55 bits per heavy atom. The summed E-state index contributed by atoms with van der Waals surface area (Å²) in [5.41, 5.74) is 0.248. The van der Waals surface area contributed by atoms with Gasteiger partial charge >= 0.3 is 0 Å². The molecule has 0 saturated heterocycles. The summed E-state index contributed by atoms with van der Waals surface area (Å²) in [5, 5.41) is 0. The maximum Gasteiger partial charge on any atom is 0.269 e. The van der Waals surface area contributed by atoms with Gasteiger partial charge in [0.05, 0.1) is 0 Å². The van der Waals surface area contributed by atoms with Crippen molar-refractivity contribution in [1.29, 1.82) is 0 Å². The van der Waals surface area contributed by atoms with Crippen molar-refractivity contribution < 1.29 is 8.78 Å². The molecule has 0 saturated carbocycles. The average Bonchev–Trinajstić information content (AvgIpc) is 1.99. The predicted molar refractivity (Wildman–Crippen MR) is 43.5 cm³/mol. The highest BCUT2D eigenvalue weighted by Crippen LogP contribution is 2.20. The van der Waals surface area contributed by atoms with E-state index in [1.807, 2.05) is 6.92 Å². The lowest BCUT2D eigenvalue weighted by atomic mass is 10.0. The number of allylic oxidation sites excluding steroid dienone is 2. The van der Waals surface area contributed by atoms with Crippen molar-refractivity contribution in [1.82, 2.24) is 0 Å². The Bertz CT molecular complexity index is 155. The average molecular weight is 160 g/mol. The molecule has 2 heteroatoms. The van der Waals surface area contributed by atoms with Crippen LogP contribution in [0, 0.1) is 5.92 Å². The van der Waals surface area contributed by atoms with Gasteiger partial charge in [-0.05, 0) is 24.3 Å². The molecule has 0 fully saturated rings. The monoisotopic (exact) mass is 160 g/mol. The van der Waals surface area contributed by atoms with E-state index in [0.29, 0.717) is 12.8 Å². The highest BCUT2D eigenvalue weighted by Gasteiger charge is 2.06. The first-order valence-electron chi connectivity index (χ1n) is 3.77. The highest BCUT2D eigenvalue weighted by atomic mass is 19.3. The van der Waals surface area contributed by atoms with Gasteiger partial charge in [-0.2, -0.15) is 8.78 Å². The zero-order chi connectivity index (χ0) is 8.85. The van der Waals surface area contributed by atoms with E-state index in [9.17, 15) is 8.78 Å². The van der Waals surface area contributed by atoms with E-state index in [1.54, 1.807) is 13.0 Å². The molecule has 0 aromatic carbocycles. The topological polar surface area (TPSA) is 0 Å². The Balaban J connectivity index is 4.10. The molecule has 64 valence electrons. The zero-order valence-corrected chi connectivity index (χ0v) is 7.03. The van der Waals surface area contributed by atoms with Gasteiger partial charge in [-0.15, -0.1) is 6.58 Å². The summed E-state index contributed by atoms with van der Waals surface area (Å²) in [7, 11) is 0. The molecule has 0 aliphatic heterocycles. The summed E-state index contributed by atoms with van der Waals surface area (Å²) < 4.78 is 24.1. The smallest absolute Gasteiger partial charge is 0.173 e. The van der Waals surface area contributed by atoms with Crippen molar-refractivity contribution in [3.8, 4) is 0 Å². The van der Waals surface area contributed by atoms with E-state index in [0.717, 1.165) is 0 Å². The van der Waals surface area contributed by atoms with Gasteiger partial charge in [0.25, 0.3) is 6.08 Å². The fraction of sp³-hybridized carbons (Fsp3) is 0.556. The molecule has 0 aromatic rings. The van der Waals surface area contributed by atoms with Crippen molar-refractivity contribution in [3.05, 3.63) is 24.3 Å². The molecule has 0 radical (unpaired) electrons. The first kappa shape index (κ1) is 10.3. The standard InChI is InChI=1S/C9H14F2/c1-4-7(3)6-8(5-2)9(10)11/h4,7H,1,5-6H2,2-3H3. The summed E-state index contributed by atoms with van der Waals surface area (Å²) in [4.78, 5) is 0. The summed E-state index contributed by atoms with van der Waals surface area (Å²) in [5.74, 6) is 0.145. The van der Waals surface area contributed by atoms with Crippen molar-refractivity contribution >= 4 is 0 Å². The highest BCUT2D eigenvalue weighted by molar-refractivity contribution is 5.04. The van der Waals surface area contributed by atoms with E-state index in [1.165, 1.54) is 0 Å². The van der Waals surface area contributed by atoms with Gasteiger partial charge in [-0.25, -0.2) is 0 Å². The van der Waals surface area contributed by atoms with Gasteiger partial charge in [0, 0.05) is 0 Å². The first-order chi connectivity index (χ1) is 5.11. The second kappa shape index (κ2) is 5.05. The van der Waals surface area contributed by atoms with Crippen LogP contribution < -0.4 is 0 Å². The van der Waals surface area contributed by atoms with E-state index in [2.05, 4.69) is 6.58 Å². The summed E-state index contributed by atoms with van der Waals surface area (Å²) >= 11 is 0. The summed E-state index contributed by atoms with van der Waals surface area (Å²) in [6.07, 6.45) is 1.03. The van der Waals surface area contributed by atoms with E-state index >= 15 is 0 Å². The Labute approximate surface area is 66.6 Å². The molecule has 0 N–H and O–H groups in total. The summed E-state index contributed by atoms with van der Waals surface area (Å²) in [6.45, 7) is 7.16. The molecule has 0 amide bonds. The minimum absolute atomic E-state index is 0.145. The third kappa shape index (κ3) is 3.91. The van der Waals surface area contributed by atoms with Crippen LogP contribution in [0.5, 0.6) is 0 Å². The van der Waals surface area contributed by atoms with E-state index in [-0.39, 0.29) is 11.5 Å². The molecule has 0 aliphatic carbocycles. The van der Waals surface area contributed by atoms with Crippen molar-refractivity contribution in [2.45, 2.75) is 26.7 Å². The van der Waals surface area contributed by atoms with Crippen LogP contribution in [0.2, 0.25) is 0 Å². The summed E-state index contributed by atoms with van der Waals surface area (Å²) in [6, 6.07) is 0. The predicted octanol–water partition coefficient (Wildman–Crippen LogP) is 3.76. The molecule has 0 nitrogen and oxygen atoms in total. The fourth-order valence-corrected chi connectivity index (χ4v) is 0.827. The fourth-order valence-electron chi connectivity index (χ4n) is 0.827. The zero-order valence-electron chi connectivity index (χ0n) is 7.03. The second-order valence-electron chi connectivity index (χ2n) is 2.63. The number of halogens is 2. The van der Waals surface area contributed by atoms with Gasteiger partial charge in [0.1, 0.15) is 0 Å². The Hall–Kier alpha value is -0.660. The van der Waals surface area contributed by atoms with Gasteiger partial charge in [0.15, 0.2) is 0 Å². The van der Waals surface area contributed by atoms with Crippen LogP contribution in [0.25, 0.3) is 0 Å². The van der Waals surface area contributed by atoms with Gasteiger partial charge in [-0.3, -0.25) is 0 Å². The second-order valence-corrected chi connectivity index (χ2v) is 2.63. The maximum atomic E-state index is 12.0. The van der Waals surface area contributed by atoms with Crippen molar-refractivity contribution in [2.24, 2.45) is 5.92 Å². The molecular weight excluding hydrogens is 146 g/mol. The Morgan fingerprint density at radius 3 is 2.36 bits per heavy atom. The van der Waals surface area contributed by atoms with Crippen LogP contribution in [-0.2, 0) is 0 Å². The Kier molecular flexibility index (Phi) is 4.75. The normalized spacial score (nSPS) is 12.4. The van der Waals surface area contributed by atoms with Crippen molar-refractivity contribution in [2.75, 3.05) is 0 Å². The molecule has 0 rings (SSSR count). The molecule has 1 unspecified atom stereocenters. The van der Waals surface area contributed by atoms with Crippen molar-refractivity contribution in [3.63, 3.8) is 0 Å². The largest absolute Gasteiger partial charge is 0.269 e. The number of hydrogen-bond donors (Lipinski definition) is 0. The molecule has 0 aliphatic rings. The van der Waals surface area contributed by atoms with Crippen LogP contribution in [0.4, 0.5) is 8.78 Å². The molecule has 11 heavy (non-hydrogen) atoms. The SMILES string of the molecule is C=CC(C)CC(CC)=C(F)F. The molecular formula is C9H14F2. The van der Waals surface area contributed by atoms with Gasteiger partial charge < -0.3 is 0 Å². The quantitative estimate of drug-likeness (QED) is 0.549. The van der Waals surface area contributed by atoms with Crippen LogP contribution in [0.1, 0.15) is 26.7 Å². The van der Waals surface area contributed by atoms with E-state index in [4.69, 9.17) is 0 Å². The molecule has 0 spiro atoms. The maximum absolute atomic E-state index is 12.0. The lowest BCUT2D eigenvalue weighted by Crippen LogP contribution is -1.92. The third-order valence-corrected chi connectivity index (χ3v) is 1.66. The Morgan fingerprint density at radius 2 is 2.09 bits per heavy atom. The lowest BCUT2D eigenvalue weighted by Gasteiger charge is -2.06. The minimum atomic E-state index is -1.53. The number of hydrogen-bond acceptors (Lipinski definition) is 0. The number of rotatable bonds is 4. The van der Waals surface area contributed by atoms with Crippen LogP contribution in [0.3, 0.4) is 0 Å². The molecule has 1 atom stereocenters. The van der Waals surface area contributed by atoms with Gasteiger partial charge in [0.2, 0.25) is 0 Å². The first-order valence-corrected chi connectivity index (χ1v) is 3.77. The van der Waals surface area contributed by atoms with Crippen LogP contribution in [0.15, 0.2) is 24.3 Å². The van der Waals surface area contributed by atoms with Crippen LogP contribution in [-0.4, -0.2) is 0 Å². The lowest BCUT2D eigenvalue weighted by molar-refractivity contribution is 0.400.